The third kappa shape index (κ3) is 5.29. The van der Waals surface area contributed by atoms with Crippen LogP contribution in [0, 0.1) is 11.3 Å². The topological polar surface area (TPSA) is 67.2 Å². The van der Waals surface area contributed by atoms with E-state index >= 15 is 0 Å². The molecular formula is C24H34N4O2. The van der Waals surface area contributed by atoms with Crippen LogP contribution in [-0.2, 0) is 16.1 Å². The lowest BCUT2D eigenvalue weighted by Gasteiger charge is -2.35. The number of piperidine rings is 1. The van der Waals surface area contributed by atoms with Gasteiger partial charge in [-0.25, -0.2) is 4.98 Å². The van der Waals surface area contributed by atoms with Crippen molar-refractivity contribution in [1.82, 2.24) is 14.5 Å². The summed E-state index contributed by atoms with van der Waals surface area (Å²) in [6, 6.07) is 8.00. The summed E-state index contributed by atoms with van der Waals surface area (Å²) in [4.78, 5) is 31.6. The fraction of sp³-hybridized carbons (Fsp3) is 0.542. The molecule has 0 aliphatic carbocycles. The maximum absolute atomic E-state index is 12.8. The lowest BCUT2D eigenvalue weighted by atomic mass is 9.90. The lowest BCUT2D eigenvalue weighted by Crippen LogP contribution is -2.45. The number of rotatable bonds is 5. The number of carbonyl (C=O) groups is 2. The first-order valence-corrected chi connectivity index (χ1v) is 10.9. The Kier molecular flexibility index (Phi) is 6.64. The van der Waals surface area contributed by atoms with Crippen LogP contribution < -0.4 is 5.32 Å². The first-order chi connectivity index (χ1) is 14.1. The van der Waals surface area contributed by atoms with Crippen molar-refractivity contribution in [3.05, 3.63) is 48.0 Å². The van der Waals surface area contributed by atoms with Crippen LogP contribution >= 0.6 is 0 Å². The van der Waals surface area contributed by atoms with E-state index in [4.69, 9.17) is 0 Å². The molecule has 30 heavy (non-hydrogen) atoms. The molecule has 3 rings (SSSR count). The van der Waals surface area contributed by atoms with Crippen molar-refractivity contribution in [2.75, 3.05) is 18.4 Å². The number of carbonyl (C=O) groups excluding carboxylic acids is 2. The van der Waals surface area contributed by atoms with E-state index in [2.05, 4.69) is 34.8 Å². The zero-order valence-electron chi connectivity index (χ0n) is 18.8. The van der Waals surface area contributed by atoms with E-state index in [-0.39, 0.29) is 23.1 Å². The van der Waals surface area contributed by atoms with Crippen molar-refractivity contribution in [3.8, 4) is 0 Å². The van der Waals surface area contributed by atoms with Crippen LogP contribution in [0.2, 0.25) is 0 Å². The number of benzene rings is 1. The molecule has 1 saturated heterocycles. The van der Waals surface area contributed by atoms with Crippen LogP contribution in [0.25, 0.3) is 0 Å². The summed E-state index contributed by atoms with van der Waals surface area (Å²) in [6.07, 6.45) is 5.24. The molecule has 1 aliphatic rings. The first kappa shape index (κ1) is 22.1. The highest BCUT2D eigenvalue weighted by molar-refractivity contribution is 5.93. The van der Waals surface area contributed by atoms with Crippen LogP contribution in [-0.4, -0.2) is 39.4 Å². The van der Waals surface area contributed by atoms with E-state index in [0.29, 0.717) is 31.8 Å². The second-order valence-corrected chi connectivity index (χ2v) is 9.57. The molecule has 0 bridgehead atoms. The predicted octanol–water partition coefficient (Wildman–Crippen LogP) is 4.28. The molecule has 1 N–H and O–H groups in total. The van der Waals surface area contributed by atoms with Gasteiger partial charge in [0.2, 0.25) is 11.8 Å². The SMILES string of the molecule is CC(C)c1nccn1Cc1cccc(NC(=O)C2CCN(C(=O)C(C)(C)C)CC2)c1. The van der Waals surface area contributed by atoms with Crippen LogP contribution in [0.1, 0.15) is 64.8 Å². The predicted molar refractivity (Wildman–Crippen MR) is 119 cm³/mol. The largest absolute Gasteiger partial charge is 0.342 e. The molecule has 1 aromatic carbocycles. The molecule has 1 aromatic heterocycles. The molecule has 2 aromatic rings. The molecule has 0 radical (unpaired) electrons. The molecule has 6 heteroatoms. The van der Waals surface area contributed by atoms with E-state index in [1.54, 1.807) is 0 Å². The molecule has 0 unspecified atom stereocenters. The number of amides is 2. The van der Waals surface area contributed by atoms with Crippen LogP contribution in [0.3, 0.4) is 0 Å². The van der Waals surface area contributed by atoms with Gasteiger partial charge in [0.1, 0.15) is 5.82 Å². The first-order valence-electron chi connectivity index (χ1n) is 10.9. The Morgan fingerprint density at radius 1 is 1.20 bits per heavy atom. The summed E-state index contributed by atoms with van der Waals surface area (Å²) < 4.78 is 2.15. The fourth-order valence-corrected chi connectivity index (χ4v) is 3.96. The van der Waals surface area contributed by atoms with E-state index < -0.39 is 0 Å². The van der Waals surface area contributed by atoms with Crippen molar-refractivity contribution in [2.24, 2.45) is 11.3 Å². The molecule has 2 heterocycles. The number of hydrogen-bond donors (Lipinski definition) is 1. The van der Waals surface area contributed by atoms with Crippen molar-refractivity contribution in [3.63, 3.8) is 0 Å². The van der Waals surface area contributed by atoms with Gasteiger partial charge in [0.05, 0.1) is 0 Å². The van der Waals surface area contributed by atoms with E-state index in [0.717, 1.165) is 23.6 Å². The van der Waals surface area contributed by atoms with E-state index in [1.165, 1.54) is 0 Å². The molecule has 0 atom stereocenters. The smallest absolute Gasteiger partial charge is 0.227 e. The monoisotopic (exact) mass is 410 g/mol. The number of hydrogen-bond acceptors (Lipinski definition) is 3. The molecule has 162 valence electrons. The summed E-state index contributed by atoms with van der Waals surface area (Å²) >= 11 is 0. The maximum atomic E-state index is 12.8. The van der Waals surface area contributed by atoms with Crippen molar-refractivity contribution in [2.45, 2.75) is 59.9 Å². The van der Waals surface area contributed by atoms with Crippen LogP contribution in [0.15, 0.2) is 36.7 Å². The van der Waals surface area contributed by atoms with Gasteiger partial charge in [0.15, 0.2) is 0 Å². The Morgan fingerprint density at radius 3 is 2.53 bits per heavy atom. The summed E-state index contributed by atoms with van der Waals surface area (Å²) in [6.45, 7) is 12.1. The normalized spacial score (nSPS) is 15.5. The summed E-state index contributed by atoms with van der Waals surface area (Å²) in [5, 5.41) is 3.08. The minimum Gasteiger partial charge on any atom is -0.342 e. The number of nitrogens with one attached hydrogen (secondary N) is 1. The van der Waals surface area contributed by atoms with Gasteiger partial charge in [-0.2, -0.15) is 0 Å². The van der Waals surface area contributed by atoms with Gasteiger partial charge < -0.3 is 14.8 Å². The number of aromatic nitrogens is 2. The molecule has 2 amide bonds. The van der Waals surface area contributed by atoms with E-state index in [1.807, 2.05) is 56.3 Å². The number of imidazole rings is 1. The third-order valence-corrected chi connectivity index (χ3v) is 5.61. The second-order valence-electron chi connectivity index (χ2n) is 9.57. The Hall–Kier alpha value is -2.63. The van der Waals surface area contributed by atoms with Crippen molar-refractivity contribution < 1.29 is 9.59 Å². The Morgan fingerprint density at radius 2 is 1.90 bits per heavy atom. The van der Waals surface area contributed by atoms with Gasteiger partial charge >= 0.3 is 0 Å². The van der Waals surface area contributed by atoms with E-state index in [9.17, 15) is 9.59 Å². The zero-order chi connectivity index (χ0) is 21.9. The molecule has 0 saturated carbocycles. The fourth-order valence-electron chi connectivity index (χ4n) is 3.96. The molecule has 1 fully saturated rings. The molecule has 0 spiro atoms. The van der Waals surface area contributed by atoms with Gasteiger partial charge in [-0.15, -0.1) is 0 Å². The van der Waals surface area contributed by atoms with Crippen molar-refractivity contribution >= 4 is 17.5 Å². The molecular weight excluding hydrogens is 376 g/mol. The minimum absolute atomic E-state index is 0.0421. The summed E-state index contributed by atoms with van der Waals surface area (Å²) in [5.74, 6) is 1.56. The second kappa shape index (κ2) is 9.02. The number of nitrogens with zero attached hydrogens (tertiary/aromatic N) is 3. The molecule has 6 nitrogen and oxygen atoms in total. The Bertz CT molecular complexity index is 887. The average Bonchev–Trinajstić information content (AvgIpc) is 3.15. The average molecular weight is 411 g/mol. The highest BCUT2D eigenvalue weighted by Gasteiger charge is 2.32. The summed E-state index contributed by atoms with van der Waals surface area (Å²) in [7, 11) is 0. The van der Waals surface area contributed by atoms with Crippen LogP contribution in [0.5, 0.6) is 0 Å². The third-order valence-electron chi connectivity index (χ3n) is 5.61. The van der Waals surface area contributed by atoms with Crippen molar-refractivity contribution in [1.29, 1.82) is 0 Å². The highest BCUT2D eigenvalue weighted by atomic mass is 16.2. The maximum Gasteiger partial charge on any atom is 0.227 e. The summed E-state index contributed by atoms with van der Waals surface area (Å²) in [5.41, 5.74) is 1.57. The zero-order valence-corrected chi connectivity index (χ0v) is 18.8. The standard InChI is InChI=1S/C24H34N4O2/c1-17(2)21-25-11-14-28(21)16-18-7-6-8-20(15-18)26-22(29)19-9-12-27(13-10-19)23(30)24(3,4)5/h6-8,11,14-15,17,19H,9-10,12-13,16H2,1-5H3,(H,26,29). The highest BCUT2D eigenvalue weighted by Crippen LogP contribution is 2.25. The molecule has 1 aliphatic heterocycles. The van der Waals surface area contributed by atoms with Gasteiger partial charge in [-0.3, -0.25) is 9.59 Å². The van der Waals surface area contributed by atoms with Gasteiger partial charge in [0.25, 0.3) is 0 Å². The number of likely N-dealkylation sites (tertiary alicyclic amines) is 1. The minimum atomic E-state index is -0.375. The van der Waals surface area contributed by atoms with Crippen LogP contribution in [0.4, 0.5) is 5.69 Å². The van der Waals surface area contributed by atoms with Gasteiger partial charge in [-0.1, -0.05) is 46.8 Å². The van der Waals surface area contributed by atoms with Gasteiger partial charge in [0, 0.05) is 55.0 Å². The number of anilines is 1. The Balaban J connectivity index is 1.58. The van der Waals surface area contributed by atoms with Gasteiger partial charge in [-0.05, 0) is 30.5 Å². The lowest BCUT2D eigenvalue weighted by molar-refractivity contribution is -0.142. The quantitative estimate of drug-likeness (QED) is 0.800. The Labute approximate surface area is 179 Å².